The lowest BCUT2D eigenvalue weighted by molar-refractivity contribution is 0.475. The Morgan fingerprint density at radius 3 is 1.63 bits per heavy atom. The molecule has 0 saturated heterocycles. The largest absolute Gasteiger partial charge is 0.508 e. The Labute approximate surface area is 112 Å². The van der Waals surface area contributed by atoms with Crippen LogP contribution in [0.5, 0.6) is 5.75 Å². The topological polar surface area (TPSA) is 20.2 Å². The van der Waals surface area contributed by atoms with E-state index in [1.54, 1.807) is 6.07 Å². The summed E-state index contributed by atoms with van der Waals surface area (Å²) in [7, 11) is 0. The zero-order valence-corrected chi connectivity index (χ0v) is 10.5. The first kappa shape index (κ1) is 11.5. The fourth-order valence-corrected chi connectivity index (χ4v) is 2.26. The Bertz CT molecular complexity index is 673. The van der Waals surface area contributed by atoms with E-state index in [2.05, 4.69) is 24.3 Å². The Morgan fingerprint density at radius 1 is 0.526 bits per heavy atom. The molecule has 1 heteroatoms. The quantitative estimate of drug-likeness (QED) is 0.693. The first-order valence-corrected chi connectivity index (χ1v) is 6.28. The number of benzene rings is 3. The van der Waals surface area contributed by atoms with Crippen LogP contribution in [0.4, 0.5) is 0 Å². The molecule has 3 rings (SSSR count). The van der Waals surface area contributed by atoms with Gasteiger partial charge in [-0.3, -0.25) is 0 Å². The molecule has 0 aliphatic carbocycles. The number of aromatic hydroxyl groups is 1. The summed E-state index contributed by atoms with van der Waals surface area (Å²) in [5.74, 6) is 0.290. The van der Waals surface area contributed by atoms with Gasteiger partial charge in [0.1, 0.15) is 5.75 Å². The predicted octanol–water partition coefficient (Wildman–Crippen LogP) is 4.73. The number of phenols is 1. The number of hydrogen-bond acceptors (Lipinski definition) is 1. The van der Waals surface area contributed by atoms with E-state index in [4.69, 9.17) is 0 Å². The van der Waals surface area contributed by atoms with Crippen LogP contribution in [0, 0.1) is 0 Å². The second-order valence-electron chi connectivity index (χ2n) is 4.46. The van der Waals surface area contributed by atoms with E-state index in [0.717, 1.165) is 22.3 Å². The molecule has 0 aliphatic rings. The van der Waals surface area contributed by atoms with Crippen molar-refractivity contribution in [1.29, 1.82) is 0 Å². The van der Waals surface area contributed by atoms with E-state index in [9.17, 15) is 5.11 Å². The Kier molecular flexibility index (Phi) is 3.03. The van der Waals surface area contributed by atoms with Gasteiger partial charge in [0.05, 0.1) is 0 Å². The van der Waals surface area contributed by atoms with Crippen molar-refractivity contribution in [3.63, 3.8) is 0 Å². The molecular weight excluding hydrogens is 232 g/mol. The molecule has 19 heavy (non-hydrogen) atoms. The molecule has 3 aromatic carbocycles. The van der Waals surface area contributed by atoms with Gasteiger partial charge in [0, 0.05) is 0 Å². The van der Waals surface area contributed by atoms with Crippen molar-refractivity contribution >= 4 is 0 Å². The summed E-state index contributed by atoms with van der Waals surface area (Å²) < 4.78 is 0. The van der Waals surface area contributed by atoms with Crippen molar-refractivity contribution in [2.45, 2.75) is 0 Å². The summed E-state index contributed by atoms with van der Waals surface area (Å²) >= 11 is 0. The smallest absolute Gasteiger partial charge is 0.116 e. The van der Waals surface area contributed by atoms with Gasteiger partial charge in [-0.2, -0.15) is 0 Å². The molecule has 0 atom stereocenters. The third-order valence-corrected chi connectivity index (χ3v) is 3.17. The molecule has 0 heterocycles. The molecule has 0 amide bonds. The molecule has 1 nitrogen and oxygen atoms in total. The molecule has 3 aromatic rings. The van der Waals surface area contributed by atoms with E-state index in [-0.39, 0.29) is 0 Å². The Hall–Kier alpha value is -2.54. The highest BCUT2D eigenvalue weighted by Gasteiger charge is 2.07. The van der Waals surface area contributed by atoms with E-state index < -0.39 is 0 Å². The molecule has 92 valence electrons. The van der Waals surface area contributed by atoms with Gasteiger partial charge in [-0.25, -0.2) is 0 Å². The lowest BCUT2D eigenvalue weighted by atomic mass is 9.94. The predicted molar refractivity (Wildman–Crippen MR) is 79.0 cm³/mol. The van der Waals surface area contributed by atoms with Crippen LogP contribution < -0.4 is 0 Å². The minimum atomic E-state index is 0.290. The molecule has 0 spiro atoms. The summed E-state index contributed by atoms with van der Waals surface area (Å²) in [6.07, 6.45) is 0. The molecule has 0 bridgehead atoms. The van der Waals surface area contributed by atoms with Crippen LogP contribution in [0.1, 0.15) is 0 Å². The maximum Gasteiger partial charge on any atom is 0.116 e. The summed E-state index contributed by atoms with van der Waals surface area (Å²) in [4.78, 5) is 0. The van der Waals surface area contributed by atoms with Crippen molar-refractivity contribution < 1.29 is 5.11 Å². The summed E-state index contributed by atoms with van der Waals surface area (Å²) in [5.41, 5.74) is 4.44. The van der Waals surface area contributed by atoms with Crippen molar-refractivity contribution in [3.05, 3.63) is 78.9 Å². The maximum absolute atomic E-state index is 9.75. The van der Waals surface area contributed by atoms with Crippen molar-refractivity contribution in [2.24, 2.45) is 0 Å². The standard InChI is InChI=1S/C18H14O/c19-16-11-12-17(14-7-3-1-4-8-14)18(13-16)15-9-5-2-6-10-15/h1-13,19H. The van der Waals surface area contributed by atoms with Gasteiger partial charge in [-0.1, -0.05) is 66.7 Å². The fourth-order valence-electron chi connectivity index (χ4n) is 2.26. The molecule has 0 radical (unpaired) electrons. The molecule has 0 aromatic heterocycles. The van der Waals surface area contributed by atoms with Gasteiger partial charge in [-0.15, -0.1) is 0 Å². The van der Waals surface area contributed by atoms with Gasteiger partial charge in [-0.05, 0) is 34.4 Å². The van der Waals surface area contributed by atoms with E-state index in [0.29, 0.717) is 5.75 Å². The number of hydrogen-bond donors (Lipinski definition) is 1. The lowest BCUT2D eigenvalue weighted by Crippen LogP contribution is -1.84. The molecule has 0 aliphatic heterocycles. The highest BCUT2D eigenvalue weighted by atomic mass is 16.3. The Balaban J connectivity index is 2.21. The van der Waals surface area contributed by atoms with Gasteiger partial charge >= 0.3 is 0 Å². The van der Waals surface area contributed by atoms with Crippen LogP contribution in [0.3, 0.4) is 0 Å². The minimum Gasteiger partial charge on any atom is -0.508 e. The summed E-state index contributed by atoms with van der Waals surface area (Å²) in [6, 6.07) is 25.9. The first-order chi connectivity index (χ1) is 9.34. The molecular formula is C18H14O. The molecule has 0 saturated carbocycles. The molecule has 0 fully saturated rings. The second kappa shape index (κ2) is 4.99. The minimum absolute atomic E-state index is 0.290. The number of phenolic OH excluding ortho intramolecular Hbond substituents is 1. The zero-order chi connectivity index (χ0) is 13.1. The maximum atomic E-state index is 9.75. The second-order valence-corrected chi connectivity index (χ2v) is 4.46. The third-order valence-electron chi connectivity index (χ3n) is 3.17. The fraction of sp³-hybridized carbons (Fsp3) is 0. The van der Waals surface area contributed by atoms with Gasteiger partial charge in [0.25, 0.3) is 0 Å². The van der Waals surface area contributed by atoms with Gasteiger partial charge < -0.3 is 5.11 Å². The highest BCUT2D eigenvalue weighted by Crippen LogP contribution is 2.34. The highest BCUT2D eigenvalue weighted by molar-refractivity contribution is 5.84. The lowest BCUT2D eigenvalue weighted by Gasteiger charge is -2.10. The number of rotatable bonds is 2. The van der Waals surface area contributed by atoms with E-state index >= 15 is 0 Å². The van der Waals surface area contributed by atoms with Crippen molar-refractivity contribution in [2.75, 3.05) is 0 Å². The summed E-state index contributed by atoms with van der Waals surface area (Å²) in [5, 5.41) is 9.75. The van der Waals surface area contributed by atoms with Crippen LogP contribution in [0.2, 0.25) is 0 Å². The van der Waals surface area contributed by atoms with Crippen LogP contribution >= 0.6 is 0 Å². The van der Waals surface area contributed by atoms with Crippen molar-refractivity contribution in [1.82, 2.24) is 0 Å². The Morgan fingerprint density at radius 2 is 1.05 bits per heavy atom. The van der Waals surface area contributed by atoms with Crippen LogP contribution in [0.25, 0.3) is 22.3 Å². The summed E-state index contributed by atoms with van der Waals surface area (Å²) in [6.45, 7) is 0. The van der Waals surface area contributed by atoms with E-state index in [1.807, 2.05) is 48.5 Å². The first-order valence-electron chi connectivity index (χ1n) is 6.28. The monoisotopic (exact) mass is 246 g/mol. The third kappa shape index (κ3) is 2.36. The average molecular weight is 246 g/mol. The SMILES string of the molecule is Oc1ccc(-c2ccccc2)c(-c2ccccc2)c1. The van der Waals surface area contributed by atoms with Crippen LogP contribution in [-0.2, 0) is 0 Å². The molecule has 0 unspecified atom stereocenters. The van der Waals surface area contributed by atoms with Crippen LogP contribution in [0.15, 0.2) is 78.9 Å². The average Bonchev–Trinajstić information content (AvgIpc) is 2.49. The normalized spacial score (nSPS) is 10.3. The zero-order valence-electron chi connectivity index (χ0n) is 10.5. The van der Waals surface area contributed by atoms with E-state index in [1.165, 1.54) is 0 Å². The van der Waals surface area contributed by atoms with Gasteiger partial charge in [0.15, 0.2) is 0 Å². The molecule has 1 N–H and O–H groups in total. The van der Waals surface area contributed by atoms with Crippen LogP contribution in [-0.4, -0.2) is 5.11 Å². The van der Waals surface area contributed by atoms with Gasteiger partial charge in [0.2, 0.25) is 0 Å². The van der Waals surface area contributed by atoms with Crippen molar-refractivity contribution in [3.8, 4) is 28.0 Å².